The minimum atomic E-state index is -0.182. The number of benzene rings is 2. The normalized spacial score (nSPS) is 12.7. The summed E-state index contributed by atoms with van der Waals surface area (Å²) in [5.41, 5.74) is 5.08. The van der Waals surface area contributed by atoms with Gasteiger partial charge in [-0.2, -0.15) is 10.1 Å². The van der Waals surface area contributed by atoms with Crippen LogP contribution in [0.2, 0.25) is 5.02 Å². The number of halogens is 1. The second kappa shape index (κ2) is 9.06. The monoisotopic (exact) mass is 444 g/mol. The summed E-state index contributed by atoms with van der Waals surface area (Å²) >= 11 is 7.11. The summed E-state index contributed by atoms with van der Waals surface area (Å²) in [5.74, 6) is 1.75. The van der Waals surface area contributed by atoms with E-state index >= 15 is 0 Å². The lowest BCUT2D eigenvalue weighted by Gasteiger charge is -2.04. The van der Waals surface area contributed by atoms with E-state index in [1.54, 1.807) is 24.3 Å². The number of aromatic nitrogens is 3. The Morgan fingerprint density at radius 3 is 3.00 bits per heavy atom. The van der Waals surface area contributed by atoms with Crippen LogP contribution in [0.15, 0.2) is 52.7 Å². The maximum atomic E-state index is 12.1. The molecule has 11 heteroatoms. The molecule has 0 radical (unpaired) electrons. The Morgan fingerprint density at radius 2 is 2.13 bits per heavy atom. The number of H-pyrrole nitrogens is 1. The van der Waals surface area contributed by atoms with Gasteiger partial charge in [-0.1, -0.05) is 29.4 Å². The molecule has 1 aliphatic heterocycles. The van der Waals surface area contributed by atoms with Crippen LogP contribution < -0.4 is 20.2 Å². The topological polar surface area (TPSA) is 114 Å². The maximum Gasteiger partial charge on any atom is 0.240 e. The van der Waals surface area contributed by atoms with Gasteiger partial charge in [0.25, 0.3) is 0 Å². The summed E-state index contributed by atoms with van der Waals surface area (Å²) in [6.45, 7) is 2.08. The molecule has 0 bridgehead atoms. The number of hydrazone groups is 1. The fourth-order valence-electron chi connectivity index (χ4n) is 2.58. The number of nitrogens with one attached hydrogen (secondary N) is 3. The fourth-order valence-corrected chi connectivity index (χ4v) is 3.37. The van der Waals surface area contributed by atoms with Gasteiger partial charge in [-0.15, -0.1) is 5.10 Å². The number of amides is 1. The number of carbonyl (C=O) groups is 1. The summed E-state index contributed by atoms with van der Waals surface area (Å²) in [7, 11) is 0. The van der Waals surface area contributed by atoms with Gasteiger partial charge in [0, 0.05) is 16.3 Å². The summed E-state index contributed by atoms with van der Waals surface area (Å²) < 4.78 is 10.7. The molecule has 0 saturated heterocycles. The highest BCUT2D eigenvalue weighted by molar-refractivity contribution is 7.99. The van der Waals surface area contributed by atoms with Crippen LogP contribution in [0, 0.1) is 0 Å². The summed E-state index contributed by atoms with van der Waals surface area (Å²) in [6.07, 6.45) is 0. The fraction of sp³-hybridized carbons (Fsp3) is 0.158. The van der Waals surface area contributed by atoms with Gasteiger partial charge in [0.15, 0.2) is 11.5 Å². The largest absolute Gasteiger partial charge is 0.454 e. The molecular weight excluding hydrogens is 428 g/mol. The van der Waals surface area contributed by atoms with Gasteiger partial charge in [0.05, 0.1) is 11.5 Å². The highest BCUT2D eigenvalue weighted by Crippen LogP contribution is 2.32. The van der Waals surface area contributed by atoms with Crippen molar-refractivity contribution < 1.29 is 14.3 Å². The van der Waals surface area contributed by atoms with Crippen molar-refractivity contribution in [3.05, 3.63) is 53.1 Å². The molecular formula is C19H17ClN6O3S. The van der Waals surface area contributed by atoms with Gasteiger partial charge in [0.1, 0.15) is 0 Å². The van der Waals surface area contributed by atoms with Crippen molar-refractivity contribution in [2.45, 2.75) is 12.1 Å². The van der Waals surface area contributed by atoms with Crippen LogP contribution in [-0.2, 0) is 4.79 Å². The van der Waals surface area contributed by atoms with Crippen LogP contribution in [0.25, 0.3) is 0 Å². The lowest BCUT2D eigenvalue weighted by atomic mass is 10.1. The molecule has 0 saturated carbocycles. The molecule has 0 unspecified atom stereocenters. The lowest BCUT2D eigenvalue weighted by Crippen LogP contribution is -2.14. The van der Waals surface area contributed by atoms with E-state index in [1.807, 2.05) is 25.1 Å². The smallest absolute Gasteiger partial charge is 0.240 e. The number of rotatable bonds is 7. The number of carbonyl (C=O) groups excluding carboxylic acids is 1. The van der Waals surface area contributed by atoms with Gasteiger partial charge >= 0.3 is 0 Å². The molecule has 3 aromatic rings. The Kier molecular flexibility index (Phi) is 6.05. The molecule has 9 nitrogen and oxygen atoms in total. The van der Waals surface area contributed by atoms with Crippen molar-refractivity contribution in [2.24, 2.45) is 5.10 Å². The summed E-state index contributed by atoms with van der Waals surface area (Å²) in [4.78, 5) is 16.3. The Hall–Kier alpha value is -3.24. The van der Waals surface area contributed by atoms with Gasteiger partial charge < -0.3 is 14.8 Å². The highest BCUT2D eigenvalue weighted by Gasteiger charge is 2.14. The van der Waals surface area contributed by atoms with E-state index in [9.17, 15) is 4.79 Å². The summed E-state index contributed by atoms with van der Waals surface area (Å²) in [5, 5.41) is 14.9. The molecule has 0 aliphatic carbocycles. The summed E-state index contributed by atoms with van der Waals surface area (Å²) in [6, 6.07) is 12.6. The van der Waals surface area contributed by atoms with Crippen molar-refractivity contribution in [3.63, 3.8) is 0 Å². The first-order valence-corrected chi connectivity index (χ1v) is 10.2. The predicted molar refractivity (Wildman–Crippen MR) is 116 cm³/mol. The van der Waals surface area contributed by atoms with Crippen LogP contribution in [0.5, 0.6) is 11.5 Å². The van der Waals surface area contributed by atoms with Crippen LogP contribution in [0.3, 0.4) is 0 Å². The molecule has 0 fully saturated rings. The molecule has 0 atom stereocenters. The molecule has 1 amide bonds. The molecule has 4 rings (SSSR count). The zero-order valence-corrected chi connectivity index (χ0v) is 17.4. The maximum absolute atomic E-state index is 12.1. The Bertz CT molecular complexity index is 1100. The Morgan fingerprint density at radius 1 is 1.27 bits per heavy atom. The van der Waals surface area contributed by atoms with Crippen LogP contribution in [0.4, 0.5) is 11.6 Å². The number of thioether (sulfide) groups is 1. The number of fused-ring (bicyclic) bond motifs is 1. The van der Waals surface area contributed by atoms with Crippen LogP contribution in [-0.4, -0.2) is 39.3 Å². The molecule has 2 heterocycles. The van der Waals surface area contributed by atoms with E-state index in [4.69, 9.17) is 21.1 Å². The van der Waals surface area contributed by atoms with Crippen LogP contribution >= 0.6 is 23.4 Å². The molecule has 30 heavy (non-hydrogen) atoms. The van der Waals surface area contributed by atoms with Crippen molar-refractivity contribution in [3.8, 4) is 11.5 Å². The predicted octanol–water partition coefficient (Wildman–Crippen LogP) is 3.75. The van der Waals surface area contributed by atoms with E-state index in [0.717, 1.165) is 17.0 Å². The molecule has 1 aromatic heterocycles. The number of hydrogen-bond donors (Lipinski definition) is 3. The zero-order chi connectivity index (χ0) is 20.9. The first-order chi connectivity index (χ1) is 14.6. The van der Waals surface area contributed by atoms with Gasteiger partial charge in [0.2, 0.25) is 23.8 Å². The van der Waals surface area contributed by atoms with Crippen molar-refractivity contribution in [1.29, 1.82) is 0 Å². The molecule has 3 N–H and O–H groups in total. The average molecular weight is 445 g/mol. The van der Waals surface area contributed by atoms with Gasteiger partial charge in [-0.05, 0) is 43.3 Å². The van der Waals surface area contributed by atoms with E-state index in [1.165, 1.54) is 11.8 Å². The van der Waals surface area contributed by atoms with Gasteiger partial charge in [-0.3, -0.25) is 4.79 Å². The molecule has 1 aliphatic rings. The van der Waals surface area contributed by atoms with E-state index in [0.29, 0.717) is 27.6 Å². The zero-order valence-electron chi connectivity index (χ0n) is 15.8. The third-order valence-electron chi connectivity index (χ3n) is 4.03. The number of hydrogen-bond acceptors (Lipinski definition) is 8. The SMILES string of the molecule is C/C(=N\Nc1nc(SCC(=O)Nc2cccc(Cl)c2)n[nH]1)c1ccc2c(c1)OCO2. The Balaban J connectivity index is 1.29. The van der Waals surface area contributed by atoms with Crippen molar-refractivity contribution >= 4 is 46.6 Å². The molecule has 0 spiro atoms. The number of anilines is 2. The first kappa shape index (κ1) is 20.0. The minimum absolute atomic E-state index is 0.156. The van der Waals surface area contributed by atoms with Crippen molar-refractivity contribution in [2.75, 3.05) is 23.3 Å². The second-order valence-electron chi connectivity index (χ2n) is 6.19. The molecule has 2 aromatic carbocycles. The standard InChI is InChI=1S/C19H17ClN6O3S/c1-11(12-5-6-15-16(7-12)29-10-28-15)23-24-18-22-19(26-25-18)30-9-17(27)21-14-4-2-3-13(20)8-14/h2-8H,9-10H2,1H3,(H,21,27)(H2,22,24,25,26)/b23-11+. The third kappa shape index (κ3) is 5.02. The number of nitrogens with zero attached hydrogens (tertiary/aromatic N) is 3. The van der Waals surface area contributed by atoms with Gasteiger partial charge in [-0.25, -0.2) is 10.5 Å². The van der Waals surface area contributed by atoms with E-state index in [-0.39, 0.29) is 18.5 Å². The average Bonchev–Trinajstić information content (AvgIpc) is 3.39. The number of aromatic amines is 1. The Labute approximate surface area is 181 Å². The van der Waals surface area contributed by atoms with E-state index < -0.39 is 0 Å². The first-order valence-electron chi connectivity index (χ1n) is 8.88. The van der Waals surface area contributed by atoms with Crippen molar-refractivity contribution in [1.82, 2.24) is 15.2 Å². The van der Waals surface area contributed by atoms with Crippen LogP contribution in [0.1, 0.15) is 12.5 Å². The number of ether oxygens (including phenoxy) is 2. The second-order valence-corrected chi connectivity index (χ2v) is 7.57. The van der Waals surface area contributed by atoms with E-state index in [2.05, 4.69) is 31.0 Å². The lowest BCUT2D eigenvalue weighted by molar-refractivity contribution is -0.113. The highest BCUT2D eigenvalue weighted by atomic mass is 35.5. The molecule has 154 valence electrons. The third-order valence-corrected chi connectivity index (χ3v) is 5.11. The quantitative estimate of drug-likeness (QED) is 0.289. The minimum Gasteiger partial charge on any atom is -0.454 e.